The van der Waals surface area contributed by atoms with Gasteiger partial charge >= 0.3 is 0 Å². The van der Waals surface area contributed by atoms with Gasteiger partial charge in [-0.05, 0) is 49.3 Å². The monoisotopic (exact) mass is 242 g/mol. The predicted molar refractivity (Wildman–Crippen MR) is 73.9 cm³/mol. The van der Waals surface area contributed by atoms with Gasteiger partial charge in [-0.15, -0.1) is 0 Å². The van der Waals surface area contributed by atoms with E-state index < -0.39 is 0 Å². The Morgan fingerprint density at radius 1 is 1.33 bits per heavy atom. The third-order valence-electron chi connectivity index (χ3n) is 4.12. The maximum atomic E-state index is 9.63. The number of aromatic nitrogens is 1. The van der Waals surface area contributed by atoms with E-state index in [1.54, 1.807) is 12.1 Å². The van der Waals surface area contributed by atoms with Crippen LogP contribution >= 0.6 is 0 Å². The molecule has 3 nitrogen and oxygen atoms in total. The van der Waals surface area contributed by atoms with Gasteiger partial charge in [-0.3, -0.25) is 0 Å². The molecule has 1 saturated carbocycles. The molecule has 1 aromatic heterocycles. The number of anilines is 1. The maximum absolute atomic E-state index is 9.63. The van der Waals surface area contributed by atoms with Crippen LogP contribution in [0.5, 0.6) is 5.75 Å². The standard InChI is InChI=1S/C15H18N2O/c1-2-15(7-3-8-15)17-14-13-10-12(18)5-4-11(13)6-9-16-14/h4-6,9-10,18H,2-3,7-8H2,1H3,(H,16,17). The summed E-state index contributed by atoms with van der Waals surface area (Å²) in [5, 5.41) is 15.3. The minimum Gasteiger partial charge on any atom is -0.508 e. The van der Waals surface area contributed by atoms with Crippen molar-refractivity contribution in [3.63, 3.8) is 0 Å². The molecule has 1 aliphatic carbocycles. The topological polar surface area (TPSA) is 45.2 Å². The first-order chi connectivity index (χ1) is 8.72. The fraction of sp³-hybridized carbons (Fsp3) is 0.400. The minimum absolute atomic E-state index is 0.215. The smallest absolute Gasteiger partial charge is 0.134 e. The third-order valence-corrected chi connectivity index (χ3v) is 4.12. The van der Waals surface area contributed by atoms with Gasteiger partial charge in [0.2, 0.25) is 0 Å². The summed E-state index contributed by atoms with van der Waals surface area (Å²) in [6.07, 6.45) is 6.64. The van der Waals surface area contributed by atoms with Crippen LogP contribution in [-0.2, 0) is 0 Å². The molecule has 0 aliphatic heterocycles. The number of pyridine rings is 1. The summed E-state index contributed by atoms with van der Waals surface area (Å²) in [4.78, 5) is 4.44. The first-order valence-corrected chi connectivity index (χ1v) is 6.58. The summed E-state index contributed by atoms with van der Waals surface area (Å²) in [5.41, 5.74) is 0.215. The third kappa shape index (κ3) is 1.80. The molecule has 0 radical (unpaired) electrons. The zero-order valence-electron chi connectivity index (χ0n) is 10.6. The molecule has 0 amide bonds. The molecule has 0 unspecified atom stereocenters. The Morgan fingerprint density at radius 3 is 2.83 bits per heavy atom. The number of phenols is 1. The molecular formula is C15H18N2O. The van der Waals surface area contributed by atoms with Gasteiger partial charge in [0, 0.05) is 17.1 Å². The number of rotatable bonds is 3. The molecule has 2 aromatic rings. The van der Waals surface area contributed by atoms with E-state index in [0.717, 1.165) is 23.0 Å². The van der Waals surface area contributed by atoms with E-state index in [0.29, 0.717) is 0 Å². The SMILES string of the molecule is CCC1(Nc2nccc3ccc(O)cc23)CCC1. The molecule has 0 bridgehead atoms. The van der Waals surface area contributed by atoms with Crippen molar-refractivity contribution < 1.29 is 5.11 Å². The minimum atomic E-state index is 0.215. The highest BCUT2D eigenvalue weighted by atomic mass is 16.3. The first-order valence-electron chi connectivity index (χ1n) is 6.58. The second-order valence-corrected chi connectivity index (χ2v) is 5.18. The molecule has 0 spiro atoms. The van der Waals surface area contributed by atoms with Crippen LogP contribution < -0.4 is 5.32 Å². The lowest BCUT2D eigenvalue weighted by Crippen LogP contribution is -2.44. The van der Waals surface area contributed by atoms with Crippen LogP contribution in [0.4, 0.5) is 5.82 Å². The van der Waals surface area contributed by atoms with E-state index in [-0.39, 0.29) is 11.3 Å². The number of benzene rings is 1. The summed E-state index contributed by atoms with van der Waals surface area (Å²) in [5.74, 6) is 1.18. The molecule has 0 atom stereocenters. The second-order valence-electron chi connectivity index (χ2n) is 5.18. The largest absolute Gasteiger partial charge is 0.508 e. The van der Waals surface area contributed by atoms with Crippen LogP contribution in [0.3, 0.4) is 0 Å². The summed E-state index contributed by atoms with van der Waals surface area (Å²) in [7, 11) is 0. The van der Waals surface area contributed by atoms with E-state index in [9.17, 15) is 5.11 Å². The molecule has 1 aliphatic rings. The van der Waals surface area contributed by atoms with Gasteiger partial charge in [-0.2, -0.15) is 0 Å². The lowest BCUT2D eigenvalue weighted by molar-refractivity contribution is 0.269. The van der Waals surface area contributed by atoms with Crippen LogP contribution in [0.15, 0.2) is 30.5 Å². The van der Waals surface area contributed by atoms with Crippen molar-refractivity contribution in [2.45, 2.75) is 38.1 Å². The fourth-order valence-corrected chi connectivity index (χ4v) is 2.68. The highest BCUT2D eigenvalue weighted by Crippen LogP contribution is 2.39. The Balaban J connectivity index is 2.03. The van der Waals surface area contributed by atoms with Crippen LogP contribution in [0, 0.1) is 0 Å². The van der Waals surface area contributed by atoms with E-state index in [1.807, 2.05) is 18.3 Å². The van der Waals surface area contributed by atoms with Gasteiger partial charge in [0.15, 0.2) is 0 Å². The Morgan fingerprint density at radius 2 is 2.17 bits per heavy atom. The molecule has 2 N–H and O–H groups in total. The molecule has 18 heavy (non-hydrogen) atoms. The molecule has 1 heterocycles. The van der Waals surface area contributed by atoms with Crippen LogP contribution in [-0.4, -0.2) is 15.6 Å². The Bertz CT molecular complexity index is 570. The van der Waals surface area contributed by atoms with Crippen molar-refractivity contribution >= 4 is 16.6 Å². The summed E-state index contributed by atoms with van der Waals surface area (Å²) < 4.78 is 0. The van der Waals surface area contributed by atoms with Crippen LogP contribution in [0.25, 0.3) is 10.8 Å². The number of nitrogens with zero attached hydrogens (tertiary/aromatic N) is 1. The van der Waals surface area contributed by atoms with Gasteiger partial charge < -0.3 is 10.4 Å². The fourth-order valence-electron chi connectivity index (χ4n) is 2.68. The van der Waals surface area contributed by atoms with Crippen molar-refractivity contribution in [1.82, 2.24) is 4.98 Å². The number of nitrogens with one attached hydrogen (secondary N) is 1. The predicted octanol–water partition coefficient (Wildman–Crippen LogP) is 3.69. The number of hydrogen-bond donors (Lipinski definition) is 2. The van der Waals surface area contributed by atoms with Crippen molar-refractivity contribution in [3.8, 4) is 5.75 Å². The van der Waals surface area contributed by atoms with Gasteiger partial charge in [0.05, 0.1) is 0 Å². The van der Waals surface area contributed by atoms with Crippen molar-refractivity contribution in [1.29, 1.82) is 0 Å². The number of hydrogen-bond acceptors (Lipinski definition) is 3. The lowest BCUT2D eigenvalue weighted by Gasteiger charge is -2.42. The molecule has 1 fully saturated rings. The summed E-state index contributed by atoms with van der Waals surface area (Å²) in [6, 6.07) is 7.40. The van der Waals surface area contributed by atoms with Crippen LogP contribution in [0.1, 0.15) is 32.6 Å². The van der Waals surface area contributed by atoms with E-state index in [4.69, 9.17) is 0 Å². The first kappa shape index (κ1) is 11.3. The zero-order chi connectivity index (χ0) is 12.6. The molecule has 1 aromatic carbocycles. The summed E-state index contributed by atoms with van der Waals surface area (Å²) in [6.45, 7) is 2.22. The Labute approximate surface area is 107 Å². The molecule has 3 heteroatoms. The Kier molecular flexibility index (Phi) is 2.62. The van der Waals surface area contributed by atoms with Crippen molar-refractivity contribution in [3.05, 3.63) is 30.5 Å². The van der Waals surface area contributed by atoms with E-state index >= 15 is 0 Å². The number of fused-ring (bicyclic) bond motifs is 1. The average molecular weight is 242 g/mol. The van der Waals surface area contributed by atoms with Crippen molar-refractivity contribution in [2.75, 3.05) is 5.32 Å². The molecule has 3 rings (SSSR count). The highest BCUT2D eigenvalue weighted by Gasteiger charge is 2.35. The lowest BCUT2D eigenvalue weighted by atomic mass is 9.75. The quantitative estimate of drug-likeness (QED) is 0.862. The van der Waals surface area contributed by atoms with Gasteiger partial charge in [-0.1, -0.05) is 13.0 Å². The number of phenolic OH excluding ortho intramolecular Hbond substituents is 1. The van der Waals surface area contributed by atoms with Crippen molar-refractivity contribution in [2.24, 2.45) is 0 Å². The summed E-state index contributed by atoms with van der Waals surface area (Å²) >= 11 is 0. The maximum Gasteiger partial charge on any atom is 0.134 e. The van der Waals surface area contributed by atoms with Gasteiger partial charge in [0.1, 0.15) is 11.6 Å². The highest BCUT2D eigenvalue weighted by molar-refractivity contribution is 5.92. The van der Waals surface area contributed by atoms with Crippen LogP contribution in [0.2, 0.25) is 0 Å². The van der Waals surface area contributed by atoms with E-state index in [1.165, 1.54) is 19.3 Å². The van der Waals surface area contributed by atoms with Gasteiger partial charge in [-0.25, -0.2) is 4.98 Å². The normalized spacial score (nSPS) is 17.4. The Hall–Kier alpha value is -1.77. The average Bonchev–Trinajstić information content (AvgIpc) is 2.34. The zero-order valence-corrected chi connectivity index (χ0v) is 10.6. The second kappa shape index (κ2) is 4.16. The molecule has 0 saturated heterocycles. The molecule has 94 valence electrons. The number of aromatic hydroxyl groups is 1. The van der Waals surface area contributed by atoms with Gasteiger partial charge in [0.25, 0.3) is 0 Å². The molecular weight excluding hydrogens is 224 g/mol. The van der Waals surface area contributed by atoms with E-state index in [2.05, 4.69) is 17.2 Å².